The summed E-state index contributed by atoms with van der Waals surface area (Å²) in [5, 5.41) is 8.49. The smallest absolute Gasteiger partial charge is 0.248 e. The third kappa shape index (κ3) is 4.86. The number of ether oxygens (including phenoxy) is 1. The van der Waals surface area contributed by atoms with Gasteiger partial charge in [0.25, 0.3) is 0 Å². The lowest BCUT2D eigenvalue weighted by atomic mass is 9.98. The van der Waals surface area contributed by atoms with E-state index >= 15 is 0 Å². The zero-order chi connectivity index (χ0) is 19.2. The molecule has 0 bridgehead atoms. The third-order valence-electron chi connectivity index (χ3n) is 4.85. The standard InChI is InChI=1S/C21H26N4O2/c22-19-8-7-16(21(24)26)14-18(19)20(23)15-5-4-6-17(13-15)27-12-11-25-9-2-1-3-10-25/h4-8,13-14,23H,1-3,9-12,22H2,(H2,24,26). The maximum Gasteiger partial charge on any atom is 0.248 e. The van der Waals surface area contributed by atoms with E-state index in [1.54, 1.807) is 18.2 Å². The van der Waals surface area contributed by atoms with Crippen molar-refractivity contribution in [2.45, 2.75) is 19.3 Å². The predicted molar refractivity (Wildman–Crippen MR) is 108 cm³/mol. The summed E-state index contributed by atoms with van der Waals surface area (Å²) in [5.41, 5.74) is 13.5. The molecule has 3 rings (SSSR count). The molecule has 0 saturated carbocycles. The van der Waals surface area contributed by atoms with Gasteiger partial charge in [-0.05, 0) is 56.3 Å². The summed E-state index contributed by atoms with van der Waals surface area (Å²) >= 11 is 0. The van der Waals surface area contributed by atoms with Crippen molar-refractivity contribution >= 4 is 17.3 Å². The van der Waals surface area contributed by atoms with Gasteiger partial charge in [0.1, 0.15) is 12.4 Å². The van der Waals surface area contributed by atoms with E-state index in [4.69, 9.17) is 21.6 Å². The van der Waals surface area contributed by atoms with Crippen molar-refractivity contribution in [2.24, 2.45) is 5.73 Å². The van der Waals surface area contributed by atoms with E-state index in [1.165, 1.54) is 19.3 Å². The lowest BCUT2D eigenvalue weighted by Crippen LogP contribution is -2.33. The summed E-state index contributed by atoms with van der Waals surface area (Å²) in [6.45, 7) is 3.82. The molecule has 2 aromatic rings. The number of primary amides is 1. The minimum atomic E-state index is -0.543. The van der Waals surface area contributed by atoms with Gasteiger partial charge in [-0.3, -0.25) is 15.1 Å². The van der Waals surface area contributed by atoms with Crippen molar-refractivity contribution in [3.63, 3.8) is 0 Å². The van der Waals surface area contributed by atoms with Gasteiger partial charge in [0.2, 0.25) is 5.91 Å². The van der Waals surface area contributed by atoms with Crippen LogP contribution in [-0.2, 0) is 0 Å². The lowest BCUT2D eigenvalue weighted by molar-refractivity contribution is 0.100. The predicted octanol–water partition coefficient (Wildman–Crippen LogP) is 2.65. The first kappa shape index (κ1) is 18.9. The van der Waals surface area contributed by atoms with E-state index in [0.717, 1.165) is 25.4 Å². The van der Waals surface area contributed by atoms with Crippen LogP contribution in [0.15, 0.2) is 42.5 Å². The first-order valence-corrected chi connectivity index (χ1v) is 9.28. The number of piperidine rings is 1. The average Bonchev–Trinajstić information content (AvgIpc) is 2.69. The second-order valence-electron chi connectivity index (χ2n) is 6.82. The van der Waals surface area contributed by atoms with Crippen LogP contribution in [0.3, 0.4) is 0 Å². The third-order valence-corrected chi connectivity index (χ3v) is 4.85. The molecule has 1 heterocycles. The number of amides is 1. The summed E-state index contributed by atoms with van der Waals surface area (Å²) < 4.78 is 5.88. The van der Waals surface area contributed by atoms with Crippen LogP contribution in [-0.4, -0.2) is 42.8 Å². The fraction of sp³-hybridized carbons (Fsp3) is 0.333. The number of rotatable bonds is 7. The number of likely N-dealkylation sites (tertiary alicyclic amines) is 1. The van der Waals surface area contributed by atoms with Gasteiger partial charge in [0.05, 0.1) is 5.71 Å². The first-order valence-electron chi connectivity index (χ1n) is 9.28. The number of hydrogen-bond acceptors (Lipinski definition) is 5. The van der Waals surface area contributed by atoms with Crippen molar-refractivity contribution in [2.75, 3.05) is 32.0 Å². The van der Waals surface area contributed by atoms with Gasteiger partial charge in [-0.25, -0.2) is 0 Å². The highest BCUT2D eigenvalue weighted by atomic mass is 16.5. The molecule has 1 saturated heterocycles. The molecular weight excluding hydrogens is 340 g/mol. The van der Waals surface area contributed by atoms with Crippen LogP contribution >= 0.6 is 0 Å². The van der Waals surface area contributed by atoms with E-state index in [9.17, 15) is 4.79 Å². The molecule has 0 spiro atoms. The second kappa shape index (κ2) is 8.68. The molecule has 6 heteroatoms. The Bertz CT molecular complexity index is 829. The van der Waals surface area contributed by atoms with Gasteiger partial charge in [-0.2, -0.15) is 0 Å². The second-order valence-corrected chi connectivity index (χ2v) is 6.82. The molecule has 0 aromatic heterocycles. The Morgan fingerprint density at radius 3 is 2.59 bits per heavy atom. The zero-order valence-corrected chi connectivity index (χ0v) is 15.4. The number of nitrogens with one attached hydrogen (secondary N) is 1. The Labute approximate surface area is 159 Å². The maximum atomic E-state index is 11.4. The van der Waals surface area contributed by atoms with E-state index in [1.807, 2.05) is 24.3 Å². The highest BCUT2D eigenvalue weighted by molar-refractivity contribution is 6.15. The van der Waals surface area contributed by atoms with Crippen molar-refractivity contribution in [1.82, 2.24) is 4.90 Å². The van der Waals surface area contributed by atoms with Gasteiger partial charge in [0, 0.05) is 28.9 Å². The number of hydrogen-bond donors (Lipinski definition) is 3. The highest BCUT2D eigenvalue weighted by Crippen LogP contribution is 2.21. The maximum absolute atomic E-state index is 11.4. The number of carbonyl (C=O) groups excluding carboxylic acids is 1. The fourth-order valence-electron chi connectivity index (χ4n) is 3.30. The minimum Gasteiger partial charge on any atom is -0.492 e. The fourth-order valence-corrected chi connectivity index (χ4v) is 3.30. The summed E-state index contributed by atoms with van der Waals surface area (Å²) in [7, 11) is 0. The lowest BCUT2D eigenvalue weighted by Gasteiger charge is -2.26. The Balaban J connectivity index is 1.68. The minimum absolute atomic E-state index is 0.233. The normalized spacial score (nSPS) is 14.7. The summed E-state index contributed by atoms with van der Waals surface area (Å²) in [6, 6.07) is 12.1. The van der Waals surface area contributed by atoms with E-state index in [2.05, 4.69) is 4.90 Å². The SMILES string of the molecule is N=C(c1cccc(OCCN2CCCCC2)c1)c1cc(C(N)=O)ccc1N. The van der Waals surface area contributed by atoms with Crippen LogP contribution in [0.2, 0.25) is 0 Å². The van der Waals surface area contributed by atoms with Gasteiger partial charge in [-0.1, -0.05) is 18.6 Å². The van der Waals surface area contributed by atoms with Crippen LogP contribution in [0.4, 0.5) is 5.69 Å². The molecule has 27 heavy (non-hydrogen) atoms. The molecule has 0 aliphatic carbocycles. The van der Waals surface area contributed by atoms with Crippen LogP contribution in [0, 0.1) is 5.41 Å². The van der Waals surface area contributed by atoms with Crippen molar-refractivity contribution in [3.05, 3.63) is 59.2 Å². The van der Waals surface area contributed by atoms with Gasteiger partial charge >= 0.3 is 0 Å². The van der Waals surface area contributed by atoms with E-state index in [0.29, 0.717) is 29.0 Å². The average molecular weight is 366 g/mol. The largest absolute Gasteiger partial charge is 0.492 e. The molecule has 2 aromatic carbocycles. The Morgan fingerprint density at radius 2 is 1.85 bits per heavy atom. The number of nitrogen functional groups attached to an aromatic ring is 1. The molecule has 6 nitrogen and oxygen atoms in total. The Morgan fingerprint density at radius 1 is 1.07 bits per heavy atom. The molecule has 1 aliphatic heterocycles. The van der Waals surface area contributed by atoms with Gasteiger partial charge in [-0.15, -0.1) is 0 Å². The van der Waals surface area contributed by atoms with Crippen molar-refractivity contribution < 1.29 is 9.53 Å². The van der Waals surface area contributed by atoms with E-state index in [-0.39, 0.29) is 5.71 Å². The van der Waals surface area contributed by atoms with Gasteiger partial charge in [0.15, 0.2) is 0 Å². The van der Waals surface area contributed by atoms with Crippen molar-refractivity contribution in [3.8, 4) is 5.75 Å². The van der Waals surface area contributed by atoms with Crippen LogP contribution < -0.4 is 16.2 Å². The number of nitrogens with zero attached hydrogens (tertiary/aromatic N) is 1. The van der Waals surface area contributed by atoms with Crippen LogP contribution in [0.1, 0.15) is 40.7 Å². The Kier molecular flexibility index (Phi) is 6.08. The molecule has 142 valence electrons. The van der Waals surface area contributed by atoms with E-state index < -0.39 is 5.91 Å². The van der Waals surface area contributed by atoms with Crippen LogP contribution in [0.25, 0.3) is 0 Å². The monoisotopic (exact) mass is 366 g/mol. The molecule has 5 N–H and O–H groups in total. The molecule has 1 fully saturated rings. The quantitative estimate of drug-likeness (QED) is 0.517. The molecular formula is C21H26N4O2. The molecule has 0 unspecified atom stereocenters. The van der Waals surface area contributed by atoms with Crippen molar-refractivity contribution in [1.29, 1.82) is 5.41 Å². The number of benzene rings is 2. The summed E-state index contributed by atoms with van der Waals surface area (Å²) in [5.74, 6) is 0.178. The number of nitrogens with two attached hydrogens (primary N) is 2. The number of carbonyl (C=O) groups is 1. The molecule has 1 amide bonds. The van der Waals surface area contributed by atoms with Crippen LogP contribution in [0.5, 0.6) is 5.75 Å². The summed E-state index contributed by atoms with van der Waals surface area (Å²) in [6.07, 6.45) is 3.85. The number of anilines is 1. The highest BCUT2D eigenvalue weighted by Gasteiger charge is 2.13. The summed E-state index contributed by atoms with van der Waals surface area (Å²) in [4.78, 5) is 13.8. The molecule has 0 atom stereocenters. The first-order chi connectivity index (χ1) is 13.0. The Hall–Kier alpha value is -2.86. The molecule has 1 aliphatic rings. The topological polar surface area (TPSA) is 105 Å². The van der Waals surface area contributed by atoms with Gasteiger partial charge < -0.3 is 16.2 Å². The molecule has 0 radical (unpaired) electrons. The zero-order valence-electron chi connectivity index (χ0n) is 15.4.